The fourth-order valence-corrected chi connectivity index (χ4v) is 2.27. The molecule has 0 spiro atoms. The van der Waals surface area contributed by atoms with E-state index in [0.717, 1.165) is 5.56 Å². The van der Waals surface area contributed by atoms with Crippen LogP contribution in [-0.4, -0.2) is 26.1 Å². The van der Waals surface area contributed by atoms with Gasteiger partial charge in [0.25, 0.3) is 5.91 Å². The average molecular weight is 283 g/mol. The zero-order valence-corrected chi connectivity index (χ0v) is 11.0. The molecule has 0 aromatic carbocycles. The van der Waals surface area contributed by atoms with E-state index in [1.54, 1.807) is 30.7 Å². The summed E-state index contributed by atoms with van der Waals surface area (Å²) in [7, 11) is 0. The highest BCUT2D eigenvalue weighted by Crippen LogP contribution is 2.25. The molecule has 0 saturated heterocycles. The summed E-state index contributed by atoms with van der Waals surface area (Å²) in [5.41, 5.74) is 1.34. The van der Waals surface area contributed by atoms with Gasteiger partial charge in [-0.3, -0.25) is 20.1 Å². The standard InChI is InChI=1S/C13H9N5OS/c19-11(9-3-1-5-14-7-9)16-13-18-17-12(20-13)10-4-2-6-15-8-10/h1-8H,(H,16,18,19). The molecule has 0 bridgehead atoms. The van der Waals surface area contributed by atoms with Gasteiger partial charge in [0.2, 0.25) is 5.13 Å². The Bertz CT molecular complexity index is 714. The van der Waals surface area contributed by atoms with E-state index in [9.17, 15) is 4.79 Å². The number of carbonyl (C=O) groups is 1. The zero-order chi connectivity index (χ0) is 13.8. The summed E-state index contributed by atoms with van der Waals surface area (Å²) in [6.07, 6.45) is 6.50. The molecule has 0 fully saturated rings. The summed E-state index contributed by atoms with van der Waals surface area (Å²) >= 11 is 1.29. The maximum Gasteiger partial charge on any atom is 0.259 e. The monoisotopic (exact) mass is 283 g/mol. The minimum absolute atomic E-state index is 0.257. The minimum atomic E-state index is -0.257. The van der Waals surface area contributed by atoms with Crippen molar-refractivity contribution in [1.82, 2.24) is 20.2 Å². The lowest BCUT2D eigenvalue weighted by Crippen LogP contribution is -2.11. The molecular weight excluding hydrogens is 274 g/mol. The van der Waals surface area contributed by atoms with E-state index in [1.165, 1.54) is 17.5 Å². The van der Waals surface area contributed by atoms with Crippen molar-refractivity contribution in [2.75, 3.05) is 5.32 Å². The SMILES string of the molecule is O=C(Nc1nnc(-c2cccnc2)s1)c1cccnc1. The van der Waals surface area contributed by atoms with Crippen LogP contribution in [0.1, 0.15) is 10.4 Å². The van der Waals surface area contributed by atoms with E-state index in [-0.39, 0.29) is 5.91 Å². The van der Waals surface area contributed by atoms with Crippen molar-refractivity contribution in [3.8, 4) is 10.6 Å². The first-order valence-corrected chi connectivity index (χ1v) is 6.60. The van der Waals surface area contributed by atoms with Crippen LogP contribution in [0.2, 0.25) is 0 Å². The lowest BCUT2D eigenvalue weighted by Gasteiger charge is -1.99. The van der Waals surface area contributed by atoms with E-state index in [1.807, 2.05) is 12.1 Å². The fourth-order valence-electron chi connectivity index (χ4n) is 1.55. The summed E-state index contributed by atoms with van der Waals surface area (Å²) in [6, 6.07) is 7.10. The third-order valence-corrected chi connectivity index (χ3v) is 3.37. The number of hydrogen-bond donors (Lipinski definition) is 1. The minimum Gasteiger partial charge on any atom is -0.296 e. The maximum atomic E-state index is 11.9. The van der Waals surface area contributed by atoms with Crippen LogP contribution in [0.25, 0.3) is 10.6 Å². The number of nitrogens with one attached hydrogen (secondary N) is 1. The molecule has 98 valence electrons. The normalized spacial score (nSPS) is 10.2. The number of pyridine rings is 2. The van der Waals surface area contributed by atoms with Gasteiger partial charge in [0.15, 0.2) is 5.01 Å². The van der Waals surface area contributed by atoms with Crippen LogP contribution >= 0.6 is 11.3 Å². The molecule has 0 saturated carbocycles. The first kappa shape index (κ1) is 12.4. The van der Waals surface area contributed by atoms with Gasteiger partial charge < -0.3 is 0 Å². The van der Waals surface area contributed by atoms with Crippen molar-refractivity contribution in [2.45, 2.75) is 0 Å². The van der Waals surface area contributed by atoms with Crippen LogP contribution in [-0.2, 0) is 0 Å². The molecule has 0 aliphatic carbocycles. The Morgan fingerprint density at radius 2 is 1.85 bits per heavy atom. The van der Waals surface area contributed by atoms with Crippen molar-refractivity contribution in [3.05, 3.63) is 54.6 Å². The summed E-state index contributed by atoms with van der Waals surface area (Å²) in [4.78, 5) is 19.9. The van der Waals surface area contributed by atoms with E-state index in [0.29, 0.717) is 15.7 Å². The number of aromatic nitrogens is 4. The average Bonchev–Trinajstić information content (AvgIpc) is 2.97. The maximum absolute atomic E-state index is 11.9. The molecule has 0 radical (unpaired) electrons. The van der Waals surface area contributed by atoms with Crippen molar-refractivity contribution in [2.24, 2.45) is 0 Å². The second-order valence-electron chi connectivity index (χ2n) is 3.85. The van der Waals surface area contributed by atoms with Gasteiger partial charge in [0, 0.05) is 30.4 Å². The van der Waals surface area contributed by atoms with Gasteiger partial charge >= 0.3 is 0 Å². The Morgan fingerprint density at radius 1 is 1.05 bits per heavy atom. The van der Waals surface area contributed by atoms with Gasteiger partial charge in [-0.15, -0.1) is 10.2 Å². The molecule has 3 aromatic rings. The van der Waals surface area contributed by atoms with Gasteiger partial charge in [-0.1, -0.05) is 11.3 Å². The smallest absolute Gasteiger partial charge is 0.259 e. The van der Waals surface area contributed by atoms with Gasteiger partial charge in [0.05, 0.1) is 5.56 Å². The largest absolute Gasteiger partial charge is 0.296 e. The van der Waals surface area contributed by atoms with Crippen molar-refractivity contribution in [1.29, 1.82) is 0 Å². The quantitative estimate of drug-likeness (QED) is 0.797. The van der Waals surface area contributed by atoms with E-state index >= 15 is 0 Å². The van der Waals surface area contributed by atoms with Crippen molar-refractivity contribution < 1.29 is 4.79 Å². The summed E-state index contributed by atoms with van der Waals surface area (Å²) in [6.45, 7) is 0. The lowest BCUT2D eigenvalue weighted by molar-refractivity contribution is 0.102. The van der Waals surface area contributed by atoms with E-state index < -0.39 is 0 Å². The Labute approximate surface area is 118 Å². The number of anilines is 1. The molecule has 7 heteroatoms. The van der Waals surface area contributed by atoms with Crippen LogP contribution in [0.15, 0.2) is 49.1 Å². The predicted molar refractivity (Wildman–Crippen MR) is 75.3 cm³/mol. The van der Waals surface area contributed by atoms with E-state index in [4.69, 9.17) is 0 Å². The highest BCUT2D eigenvalue weighted by atomic mass is 32.1. The molecule has 1 amide bonds. The molecule has 3 aromatic heterocycles. The van der Waals surface area contributed by atoms with Crippen LogP contribution < -0.4 is 5.32 Å². The third-order valence-electron chi connectivity index (χ3n) is 2.48. The molecule has 0 unspecified atom stereocenters. The molecular formula is C13H9N5OS. The van der Waals surface area contributed by atoms with Crippen LogP contribution in [0.4, 0.5) is 5.13 Å². The van der Waals surface area contributed by atoms with Crippen LogP contribution in [0, 0.1) is 0 Å². The Kier molecular flexibility index (Phi) is 3.42. The van der Waals surface area contributed by atoms with Gasteiger partial charge in [-0.05, 0) is 24.3 Å². The second-order valence-corrected chi connectivity index (χ2v) is 4.83. The van der Waals surface area contributed by atoms with Gasteiger partial charge in [-0.25, -0.2) is 0 Å². The zero-order valence-electron chi connectivity index (χ0n) is 10.2. The lowest BCUT2D eigenvalue weighted by atomic mass is 10.3. The number of carbonyl (C=O) groups excluding carboxylic acids is 1. The number of rotatable bonds is 3. The molecule has 1 N–H and O–H groups in total. The highest BCUT2D eigenvalue weighted by Gasteiger charge is 2.11. The molecule has 0 aliphatic rings. The molecule has 0 aliphatic heterocycles. The van der Waals surface area contributed by atoms with Crippen LogP contribution in [0.3, 0.4) is 0 Å². The highest BCUT2D eigenvalue weighted by molar-refractivity contribution is 7.18. The topological polar surface area (TPSA) is 80.7 Å². The van der Waals surface area contributed by atoms with Gasteiger partial charge in [0.1, 0.15) is 0 Å². The van der Waals surface area contributed by atoms with Gasteiger partial charge in [-0.2, -0.15) is 0 Å². The molecule has 6 nitrogen and oxygen atoms in total. The number of nitrogens with zero attached hydrogens (tertiary/aromatic N) is 4. The first-order chi connectivity index (χ1) is 9.83. The Hall–Kier alpha value is -2.67. The summed E-state index contributed by atoms with van der Waals surface area (Å²) < 4.78 is 0. The predicted octanol–water partition coefficient (Wildman–Crippen LogP) is 2.25. The second kappa shape index (κ2) is 5.54. The number of amides is 1. The molecule has 3 heterocycles. The molecule has 20 heavy (non-hydrogen) atoms. The van der Waals surface area contributed by atoms with E-state index in [2.05, 4.69) is 25.5 Å². The summed E-state index contributed by atoms with van der Waals surface area (Å²) in [5.74, 6) is -0.257. The third kappa shape index (κ3) is 2.67. The first-order valence-electron chi connectivity index (χ1n) is 5.78. The Morgan fingerprint density at radius 3 is 2.55 bits per heavy atom. The Balaban J connectivity index is 1.77. The van der Waals surface area contributed by atoms with Crippen molar-refractivity contribution in [3.63, 3.8) is 0 Å². The molecule has 3 rings (SSSR count). The summed E-state index contributed by atoms with van der Waals surface area (Å²) in [5, 5.41) is 11.8. The fraction of sp³-hybridized carbons (Fsp3) is 0. The number of hydrogen-bond acceptors (Lipinski definition) is 6. The van der Waals surface area contributed by atoms with Crippen LogP contribution in [0.5, 0.6) is 0 Å². The van der Waals surface area contributed by atoms with Crippen molar-refractivity contribution >= 4 is 22.4 Å². The molecule has 0 atom stereocenters.